The van der Waals surface area contributed by atoms with Gasteiger partial charge in [-0.05, 0) is 36.6 Å². The van der Waals surface area contributed by atoms with E-state index in [0.717, 1.165) is 17.2 Å². The maximum absolute atomic E-state index is 11.9. The van der Waals surface area contributed by atoms with E-state index >= 15 is 0 Å². The number of benzene rings is 2. The van der Waals surface area contributed by atoms with Gasteiger partial charge in [-0.3, -0.25) is 14.9 Å². The summed E-state index contributed by atoms with van der Waals surface area (Å²) >= 11 is 0. The van der Waals surface area contributed by atoms with Crippen molar-refractivity contribution < 1.29 is 24.0 Å². The van der Waals surface area contributed by atoms with E-state index in [1.54, 1.807) is 0 Å². The summed E-state index contributed by atoms with van der Waals surface area (Å²) < 4.78 is 9.78. The standard InChI is InChI=1S/C19H20N2O6/c1-13-5-3-4-6-14(13)9-10-20-18(22)12-27-17-8-7-15(19(23)26-2)11-16(17)21(24)25/h3-8,11H,9-10,12H2,1-2H3,(H,20,22). The van der Waals surface area contributed by atoms with Gasteiger partial charge in [-0.15, -0.1) is 0 Å². The highest BCUT2D eigenvalue weighted by Gasteiger charge is 2.20. The molecule has 0 radical (unpaired) electrons. The third-order valence-corrected chi connectivity index (χ3v) is 3.91. The van der Waals surface area contributed by atoms with Crippen LogP contribution in [-0.2, 0) is 16.0 Å². The van der Waals surface area contributed by atoms with Crippen LogP contribution in [0.15, 0.2) is 42.5 Å². The minimum Gasteiger partial charge on any atom is -0.477 e. The van der Waals surface area contributed by atoms with Gasteiger partial charge in [0.1, 0.15) is 0 Å². The summed E-state index contributed by atoms with van der Waals surface area (Å²) in [5, 5.41) is 13.9. The third-order valence-electron chi connectivity index (χ3n) is 3.91. The number of carbonyl (C=O) groups is 2. The van der Waals surface area contributed by atoms with Gasteiger partial charge in [0.15, 0.2) is 12.4 Å². The van der Waals surface area contributed by atoms with Crippen LogP contribution >= 0.6 is 0 Å². The molecule has 1 amide bonds. The Morgan fingerprint density at radius 1 is 1.19 bits per heavy atom. The second kappa shape index (κ2) is 9.33. The number of esters is 1. The van der Waals surface area contributed by atoms with Crippen molar-refractivity contribution >= 4 is 17.6 Å². The summed E-state index contributed by atoms with van der Waals surface area (Å²) in [6.45, 7) is 2.06. The molecule has 27 heavy (non-hydrogen) atoms. The molecule has 8 nitrogen and oxygen atoms in total. The van der Waals surface area contributed by atoms with Crippen molar-refractivity contribution in [2.75, 3.05) is 20.3 Å². The molecule has 1 N–H and O–H groups in total. The molecule has 0 saturated heterocycles. The molecule has 0 fully saturated rings. The number of ether oxygens (including phenoxy) is 2. The van der Waals surface area contributed by atoms with Crippen LogP contribution in [0.1, 0.15) is 21.5 Å². The number of hydrogen-bond acceptors (Lipinski definition) is 6. The zero-order valence-corrected chi connectivity index (χ0v) is 15.1. The molecule has 2 aromatic rings. The Morgan fingerprint density at radius 2 is 1.93 bits per heavy atom. The van der Waals surface area contributed by atoms with Crippen LogP contribution in [0.3, 0.4) is 0 Å². The van der Waals surface area contributed by atoms with E-state index in [2.05, 4.69) is 10.1 Å². The first kappa shape index (κ1) is 19.9. The van der Waals surface area contributed by atoms with E-state index in [1.165, 1.54) is 19.2 Å². The first-order chi connectivity index (χ1) is 12.9. The summed E-state index contributed by atoms with van der Waals surface area (Å²) in [7, 11) is 1.18. The fourth-order valence-corrected chi connectivity index (χ4v) is 2.45. The maximum atomic E-state index is 11.9. The van der Waals surface area contributed by atoms with Crippen LogP contribution < -0.4 is 10.1 Å². The Balaban J connectivity index is 1.91. The third kappa shape index (κ3) is 5.53. The lowest BCUT2D eigenvalue weighted by Gasteiger charge is -2.09. The smallest absolute Gasteiger partial charge is 0.338 e. The Hall–Kier alpha value is -3.42. The fraction of sp³-hybridized carbons (Fsp3) is 0.263. The number of nitrogens with one attached hydrogen (secondary N) is 1. The molecule has 0 spiro atoms. The van der Waals surface area contributed by atoms with Gasteiger partial charge in [-0.25, -0.2) is 4.79 Å². The second-order valence-corrected chi connectivity index (χ2v) is 5.75. The maximum Gasteiger partial charge on any atom is 0.338 e. The van der Waals surface area contributed by atoms with Crippen LogP contribution in [-0.4, -0.2) is 37.1 Å². The highest BCUT2D eigenvalue weighted by Crippen LogP contribution is 2.28. The van der Waals surface area contributed by atoms with E-state index < -0.39 is 22.5 Å². The van der Waals surface area contributed by atoms with E-state index in [9.17, 15) is 19.7 Å². The predicted octanol–water partition coefficient (Wildman–Crippen LogP) is 2.43. The zero-order chi connectivity index (χ0) is 19.8. The molecule has 0 aliphatic carbocycles. The lowest BCUT2D eigenvalue weighted by molar-refractivity contribution is -0.385. The molecule has 0 bridgehead atoms. The summed E-state index contributed by atoms with van der Waals surface area (Å²) in [6.07, 6.45) is 0.673. The molecule has 8 heteroatoms. The molecule has 0 unspecified atom stereocenters. The van der Waals surface area contributed by atoms with Crippen molar-refractivity contribution in [3.8, 4) is 5.75 Å². The zero-order valence-electron chi connectivity index (χ0n) is 15.1. The number of hydrogen-bond donors (Lipinski definition) is 1. The van der Waals surface area contributed by atoms with Gasteiger partial charge in [-0.1, -0.05) is 24.3 Å². The van der Waals surface area contributed by atoms with Crippen molar-refractivity contribution in [3.63, 3.8) is 0 Å². The summed E-state index contributed by atoms with van der Waals surface area (Å²) in [5.74, 6) is -1.18. The first-order valence-corrected chi connectivity index (χ1v) is 8.23. The number of nitrogens with zero attached hydrogens (tertiary/aromatic N) is 1. The van der Waals surface area contributed by atoms with Gasteiger partial charge < -0.3 is 14.8 Å². The molecule has 0 aliphatic heterocycles. The molecule has 0 atom stereocenters. The number of nitro groups is 1. The minimum atomic E-state index is -0.696. The average Bonchev–Trinajstić information content (AvgIpc) is 2.67. The molecule has 0 saturated carbocycles. The highest BCUT2D eigenvalue weighted by molar-refractivity contribution is 5.90. The van der Waals surface area contributed by atoms with Gasteiger partial charge in [0.05, 0.1) is 17.6 Å². The van der Waals surface area contributed by atoms with Gasteiger partial charge in [0, 0.05) is 12.6 Å². The van der Waals surface area contributed by atoms with Crippen LogP contribution in [0.4, 0.5) is 5.69 Å². The number of carbonyl (C=O) groups excluding carboxylic acids is 2. The number of amides is 1. The molecule has 2 aromatic carbocycles. The van der Waals surface area contributed by atoms with E-state index in [1.807, 2.05) is 31.2 Å². The van der Waals surface area contributed by atoms with Crippen molar-refractivity contribution in [1.82, 2.24) is 5.32 Å². The molecule has 0 aliphatic rings. The summed E-state index contributed by atoms with van der Waals surface area (Å²) in [5.41, 5.74) is 1.89. The summed E-state index contributed by atoms with van der Waals surface area (Å²) in [6, 6.07) is 11.5. The lowest BCUT2D eigenvalue weighted by Crippen LogP contribution is -2.30. The van der Waals surface area contributed by atoms with Crippen LogP contribution in [0, 0.1) is 17.0 Å². The molecule has 0 heterocycles. The van der Waals surface area contributed by atoms with Crippen LogP contribution in [0.25, 0.3) is 0 Å². The normalized spacial score (nSPS) is 10.1. The van der Waals surface area contributed by atoms with Crippen molar-refractivity contribution in [2.45, 2.75) is 13.3 Å². The first-order valence-electron chi connectivity index (χ1n) is 8.23. The number of methoxy groups -OCH3 is 1. The topological polar surface area (TPSA) is 108 Å². The van der Waals surface area contributed by atoms with Crippen molar-refractivity contribution in [3.05, 3.63) is 69.3 Å². The van der Waals surface area contributed by atoms with Gasteiger partial charge in [0.2, 0.25) is 0 Å². The SMILES string of the molecule is COC(=O)c1ccc(OCC(=O)NCCc2ccccc2C)c([N+](=O)[O-])c1. The summed E-state index contributed by atoms with van der Waals surface area (Å²) in [4.78, 5) is 33.9. The second-order valence-electron chi connectivity index (χ2n) is 5.75. The van der Waals surface area contributed by atoms with Gasteiger partial charge in [0.25, 0.3) is 5.91 Å². The van der Waals surface area contributed by atoms with E-state index in [4.69, 9.17) is 4.74 Å². The van der Waals surface area contributed by atoms with Gasteiger partial charge in [-0.2, -0.15) is 0 Å². The Labute approximate surface area is 156 Å². The number of rotatable bonds is 8. The monoisotopic (exact) mass is 372 g/mol. The molecule has 0 aromatic heterocycles. The number of nitro benzene ring substituents is 1. The fourth-order valence-electron chi connectivity index (χ4n) is 2.45. The van der Waals surface area contributed by atoms with Crippen molar-refractivity contribution in [2.24, 2.45) is 0 Å². The number of aryl methyl sites for hydroxylation is 1. The van der Waals surface area contributed by atoms with Crippen LogP contribution in [0.5, 0.6) is 5.75 Å². The predicted molar refractivity (Wildman–Crippen MR) is 97.8 cm³/mol. The highest BCUT2D eigenvalue weighted by atomic mass is 16.6. The van der Waals surface area contributed by atoms with E-state index in [0.29, 0.717) is 13.0 Å². The minimum absolute atomic E-state index is 0.0271. The Morgan fingerprint density at radius 3 is 2.59 bits per heavy atom. The Kier molecular flexibility index (Phi) is 6.87. The Bertz CT molecular complexity index is 850. The largest absolute Gasteiger partial charge is 0.477 e. The average molecular weight is 372 g/mol. The van der Waals surface area contributed by atoms with Crippen LogP contribution in [0.2, 0.25) is 0 Å². The lowest BCUT2D eigenvalue weighted by atomic mass is 10.1. The molecular formula is C19H20N2O6. The molecular weight excluding hydrogens is 352 g/mol. The molecule has 2 rings (SSSR count). The molecule has 142 valence electrons. The van der Waals surface area contributed by atoms with Gasteiger partial charge >= 0.3 is 11.7 Å². The van der Waals surface area contributed by atoms with Crippen molar-refractivity contribution in [1.29, 1.82) is 0 Å². The quantitative estimate of drug-likeness (QED) is 0.433. The van der Waals surface area contributed by atoms with E-state index in [-0.39, 0.29) is 17.9 Å².